The maximum atomic E-state index is 10.6. The van der Waals surface area contributed by atoms with Crippen molar-refractivity contribution in [3.63, 3.8) is 0 Å². The Morgan fingerprint density at radius 1 is 0.609 bits per heavy atom. The summed E-state index contributed by atoms with van der Waals surface area (Å²) in [5.41, 5.74) is 0. The van der Waals surface area contributed by atoms with Crippen LogP contribution < -0.4 is 103 Å². The van der Waals surface area contributed by atoms with Gasteiger partial charge in [-0.15, -0.1) is 12.4 Å². The van der Waals surface area contributed by atoms with Crippen molar-refractivity contribution >= 4 is 36.3 Å². The van der Waals surface area contributed by atoms with Crippen molar-refractivity contribution < 1.29 is 145 Å². The van der Waals surface area contributed by atoms with Crippen LogP contribution in [0.3, 0.4) is 0 Å². The summed E-state index contributed by atoms with van der Waals surface area (Å²) in [6, 6.07) is 0. The Balaban J connectivity index is -0.000000180. The average Bonchev–Trinajstić information content (AvgIpc) is 2.22. The average molecular weight is 409 g/mol. The number of halogens is 1. The summed E-state index contributed by atoms with van der Waals surface area (Å²) in [5, 5.41) is 34.5. The molecule has 4 N–H and O–H groups in total. The van der Waals surface area contributed by atoms with Gasteiger partial charge >= 0.3 is 127 Å². The molecule has 0 aliphatic heterocycles. The minimum atomic E-state index is -1.23. The number of nitrogens with zero attached hydrogens (tertiary/aromatic N) is 2. The molecule has 0 aromatic carbocycles. The summed E-state index contributed by atoms with van der Waals surface area (Å²) in [7, 11) is 0. The number of carboxylic acid groups (broad SMARTS) is 4. The molecule has 126 valence electrons. The van der Waals surface area contributed by atoms with E-state index in [-0.39, 0.29) is 131 Å². The molecule has 0 aromatic rings. The Labute approximate surface area is 226 Å². The standard InChI is InChI=1S/C10H16N2O8.ClH.2K.2H/c13-7(14)3-11(4-8(15)16)1-2-12(5-9(17)18)6-10(19)20;;;;;/h1-6H2,(H,13,14)(H,15,16)(H,17,18)(H,19,20);1H;;;;/q;;2*+1;2*-1. The Morgan fingerprint density at radius 2 is 0.783 bits per heavy atom. The molecule has 0 saturated carbocycles. The van der Waals surface area contributed by atoms with Crippen LogP contribution in [0.5, 0.6) is 0 Å². The van der Waals surface area contributed by atoms with Crippen molar-refractivity contribution in [1.82, 2.24) is 9.80 Å². The number of hydrogen-bond acceptors (Lipinski definition) is 6. The van der Waals surface area contributed by atoms with Gasteiger partial charge in [-0.05, 0) is 0 Å². The Bertz CT molecular complexity index is 341. The van der Waals surface area contributed by atoms with Gasteiger partial charge in [0.25, 0.3) is 0 Å². The minimum Gasteiger partial charge on any atom is -1.00 e. The normalized spacial score (nSPS) is 9.30. The molecule has 13 heteroatoms. The summed E-state index contributed by atoms with van der Waals surface area (Å²) < 4.78 is 0. The summed E-state index contributed by atoms with van der Waals surface area (Å²) in [6.07, 6.45) is 0. The molecule has 0 fully saturated rings. The number of hydrogen-bond donors (Lipinski definition) is 4. The third-order valence-electron chi connectivity index (χ3n) is 2.17. The van der Waals surface area contributed by atoms with Gasteiger partial charge in [-0.1, -0.05) is 0 Å². The maximum absolute atomic E-state index is 10.6. The number of aliphatic carboxylic acids is 4. The first kappa shape index (κ1) is 32.1. The van der Waals surface area contributed by atoms with E-state index in [4.69, 9.17) is 20.4 Å². The molecule has 0 spiro atoms. The van der Waals surface area contributed by atoms with E-state index in [2.05, 4.69) is 0 Å². The Morgan fingerprint density at radius 3 is 0.913 bits per heavy atom. The third-order valence-corrected chi connectivity index (χ3v) is 2.17. The summed E-state index contributed by atoms with van der Waals surface area (Å²) in [5.74, 6) is -4.91. The predicted octanol–water partition coefficient (Wildman–Crippen LogP) is -7.42. The largest absolute Gasteiger partial charge is 1.00 e. The van der Waals surface area contributed by atoms with Crippen LogP contribution in [0.25, 0.3) is 0 Å². The van der Waals surface area contributed by atoms with E-state index >= 15 is 0 Å². The molecule has 0 aromatic heterocycles. The van der Waals surface area contributed by atoms with Gasteiger partial charge in [0.2, 0.25) is 0 Å². The van der Waals surface area contributed by atoms with Crippen LogP contribution in [0.2, 0.25) is 0 Å². The maximum Gasteiger partial charge on any atom is 1.00 e. The van der Waals surface area contributed by atoms with Gasteiger partial charge < -0.3 is 23.3 Å². The molecule has 0 aliphatic rings. The van der Waals surface area contributed by atoms with E-state index < -0.39 is 50.1 Å². The van der Waals surface area contributed by atoms with Crippen molar-refractivity contribution in [3.8, 4) is 0 Å². The first-order valence-electron chi connectivity index (χ1n) is 5.52. The number of rotatable bonds is 11. The molecular weight excluding hydrogens is 390 g/mol. The van der Waals surface area contributed by atoms with E-state index in [0.29, 0.717) is 0 Å². The monoisotopic (exact) mass is 408 g/mol. The van der Waals surface area contributed by atoms with E-state index in [9.17, 15) is 19.2 Å². The second-order valence-electron chi connectivity index (χ2n) is 4.00. The van der Waals surface area contributed by atoms with Gasteiger partial charge in [0.05, 0.1) is 26.2 Å². The number of carboxylic acids is 4. The third kappa shape index (κ3) is 21.3. The van der Waals surface area contributed by atoms with Gasteiger partial charge in [-0.25, -0.2) is 0 Å². The fraction of sp³-hybridized carbons (Fsp3) is 0.600. The molecule has 0 aliphatic carbocycles. The number of carbonyl (C=O) groups is 4. The minimum absolute atomic E-state index is 0. The SMILES string of the molecule is Cl.O=C(O)CN(CCN(CC(=O)O)CC(=O)O)CC(=O)O.[H-].[H-].[K+].[K+]. The quantitative estimate of drug-likeness (QED) is 0.242. The van der Waals surface area contributed by atoms with Crippen LogP contribution >= 0.6 is 12.4 Å². The first-order valence-corrected chi connectivity index (χ1v) is 5.52. The molecule has 0 bridgehead atoms. The van der Waals surface area contributed by atoms with Crippen LogP contribution in [0.4, 0.5) is 0 Å². The first-order chi connectivity index (χ1) is 9.20. The van der Waals surface area contributed by atoms with Crippen molar-refractivity contribution in [2.24, 2.45) is 0 Å². The molecule has 0 saturated heterocycles. The van der Waals surface area contributed by atoms with Crippen molar-refractivity contribution in [3.05, 3.63) is 0 Å². The topological polar surface area (TPSA) is 156 Å². The van der Waals surface area contributed by atoms with E-state index in [1.54, 1.807) is 0 Å². The second kappa shape index (κ2) is 18.2. The van der Waals surface area contributed by atoms with Gasteiger partial charge in [-0.3, -0.25) is 29.0 Å². The second-order valence-corrected chi connectivity index (χ2v) is 4.00. The van der Waals surface area contributed by atoms with Crippen molar-refractivity contribution in [2.75, 3.05) is 39.3 Å². The fourth-order valence-corrected chi connectivity index (χ4v) is 1.48. The Hall–Kier alpha value is 1.36. The zero-order valence-corrected chi connectivity index (χ0v) is 20.0. The van der Waals surface area contributed by atoms with Gasteiger partial charge in [0.1, 0.15) is 0 Å². The molecule has 0 amide bonds. The van der Waals surface area contributed by atoms with Gasteiger partial charge in [0, 0.05) is 13.1 Å². The van der Waals surface area contributed by atoms with Crippen LogP contribution in [0.15, 0.2) is 0 Å². The molecule has 10 nitrogen and oxygen atoms in total. The summed E-state index contributed by atoms with van der Waals surface area (Å²) >= 11 is 0. The van der Waals surface area contributed by atoms with E-state index in [0.717, 1.165) is 9.80 Å². The van der Waals surface area contributed by atoms with Crippen LogP contribution in [0.1, 0.15) is 2.85 Å². The Kier molecular flexibility index (Phi) is 25.3. The van der Waals surface area contributed by atoms with E-state index in [1.807, 2.05) is 0 Å². The molecule has 0 rings (SSSR count). The molecule has 23 heavy (non-hydrogen) atoms. The predicted molar refractivity (Wildman–Crippen MR) is 72.9 cm³/mol. The molecule has 0 heterocycles. The zero-order chi connectivity index (χ0) is 15.7. The van der Waals surface area contributed by atoms with Crippen LogP contribution in [-0.4, -0.2) is 93.4 Å². The van der Waals surface area contributed by atoms with E-state index in [1.165, 1.54) is 0 Å². The summed E-state index contributed by atoms with van der Waals surface area (Å²) in [4.78, 5) is 44.4. The molecule has 0 radical (unpaired) electrons. The van der Waals surface area contributed by atoms with Crippen LogP contribution in [0, 0.1) is 0 Å². The fourth-order valence-electron chi connectivity index (χ4n) is 1.48. The van der Waals surface area contributed by atoms with Crippen molar-refractivity contribution in [2.45, 2.75) is 0 Å². The van der Waals surface area contributed by atoms with Gasteiger partial charge in [0.15, 0.2) is 0 Å². The molecule has 0 atom stereocenters. The molecular formula is C10H19ClK2N2O8. The zero-order valence-electron chi connectivity index (χ0n) is 15.0. The van der Waals surface area contributed by atoms with Gasteiger partial charge in [-0.2, -0.15) is 0 Å². The van der Waals surface area contributed by atoms with Crippen molar-refractivity contribution in [1.29, 1.82) is 0 Å². The smallest absolute Gasteiger partial charge is 1.00 e. The van der Waals surface area contributed by atoms with Crippen LogP contribution in [-0.2, 0) is 19.2 Å². The summed E-state index contributed by atoms with van der Waals surface area (Å²) in [6.45, 7) is -2.25. The molecule has 0 unspecified atom stereocenters.